The molecule has 1 rings (SSSR count). The minimum Gasteiger partial charge on any atom is -0.480 e. The molecule has 0 saturated heterocycles. The molecule has 2 N–H and O–H groups in total. The van der Waals surface area contributed by atoms with Gasteiger partial charge in [-0.25, -0.2) is 4.79 Å². The fourth-order valence-electron chi connectivity index (χ4n) is 1.72. The van der Waals surface area contributed by atoms with Crippen molar-refractivity contribution in [1.29, 1.82) is 0 Å². The van der Waals surface area contributed by atoms with Crippen LogP contribution in [0.5, 0.6) is 0 Å². The molecule has 1 atom stereocenters. The minimum atomic E-state index is -1.03. The minimum absolute atomic E-state index is 0.252. The Morgan fingerprint density at radius 1 is 1.47 bits per heavy atom. The second kappa shape index (κ2) is 7.48. The molecule has 1 unspecified atom stereocenters. The van der Waals surface area contributed by atoms with Crippen LogP contribution in [-0.4, -0.2) is 46.0 Å². The first-order chi connectivity index (χ1) is 9.02. The monoisotopic (exact) mass is 265 g/mol. The number of pyridine rings is 1. The fraction of sp³-hybridized carbons (Fsp3) is 0.462. The molecule has 0 spiro atoms. The van der Waals surface area contributed by atoms with E-state index in [1.165, 1.54) is 6.92 Å². The molecule has 1 heterocycles. The number of carbonyl (C=O) groups is 2. The predicted molar refractivity (Wildman–Crippen MR) is 70.4 cm³/mol. The summed E-state index contributed by atoms with van der Waals surface area (Å²) in [6.07, 6.45) is 1.70. The van der Waals surface area contributed by atoms with Gasteiger partial charge in [-0.15, -0.1) is 0 Å². The second-order valence-electron chi connectivity index (χ2n) is 4.24. The molecule has 1 amide bonds. The molecular formula is C13H19N3O3. The van der Waals surface area contributed by atoms with Crippen LogP contribution in [-0.2, 0) is 16.1 Å². The van der Waals surface area contributed by atoms with Gasteiger partial charge in [0.2, 0.25) is 5.91 Å². The van der Waals surface area contributed by atoms with E-state index in [1.807, 2.05) is 30.0 Å². The third kappa shape index (κ3) is 5.48. The van der Waals surface area contributed by atoms with Crippen LogP contribution in [0.15, 0.2) is 24.4 Å². The van der Waals surface area contributed by atoms with Crippen molar-refractivity contribution in [3.05, 3.63) is 30.1 Å². The molecule has 1 aromatic rings. The lowest BCUT2D eigenvalue weighted by Gasteiger charge is -2.24. The summed E-state index contributed by atoms with van der Waals surface area (Å²) in [7, 11) is 0. The highest BCUT2D eigenvalue weighted by Crippen LogP contribution is 2.02. The molecule has 0 aliphatic carbocycles. The standard InChI is InChI=1S/C13H19N3O3/c1-3-16(8-11-6-4-5-7-14-11)9-12(13(18)19)15-10(2)17/h4-7,12H,3,8-9H2,1-2H3,(H,15,17)(H,18,19). The van der Waals surface area contributed by atoms with Gasteiger partial charge in [-0.3, -0.25) is 14.7 Å². The van der Waals surface area contributed by atoms with Crippen molar-refractivity contribution in [3.8, 4) is 0 Å². The molecule has 0 bridgehead atoms. The number of carbonyl (C=O) groups excluding carboxylic acids is 1. The average molecular weight is 265 g/mol. The van der Waals surface area contributed by atoms with Crippen LogP contribution in [0.1, 0.15) is 19.5 Å². The Hall–Kier alpha value is -1.95. The lowest BCUT2D eigenvalue weighted by molar-refractivity contribution is -0.142. The van der Waals surface area contributed by atoms with Crippen LogP contribution in [0.4, 0.5) is 0 Å². The van der Waals surface area contributed by atoms with Crippen molar-refractivity contribution in [1.82, 2.24) is 15.2 Å². The van der Waals surface area contributed by atoms with Gasteiger partial charge in [-0.2, -0.15) is 0 Å². The average Bonchev–Trinajstić information content (AvgIpc) is 2.37. The summed E-state index contributed by atoms with van der Waals surface area (Å²) in [6, 6.07) is 4.70. The lowest BCUT2D eigenvalue weighted by atomic mass is 10.2. The molecule has 19 heavy (non-hydrogen) atoms. The Bertz CT molecular complexity index is 422. The largest absolute Gasteiger partial charge is 0.480 e. The van der Waals surface area contributed by atoms with Gasteiger partial charge in [0.15, 0.2) is 0 Å². The maximum absolute atomic E-state index is 11.1. The van der Waals surface area contributed by atoms with Crippen molar-refractivity contribution >= 4 is 11.9 Å². The third-order valence-electron chi connectivity index (χ3n) is 2.68. The number of aliphatic carboxylic acids is 1. The number of rotatable bonds is 7. The first-order valence-corrected chi connectivity index (χ1v) is 6.15. The second-order valence-corrected chi connectivity index (χ2v) is 4.24. The van der Waals surface area contributed by atoms with E-state index in [9.17, 15) is 9.59 Å². The van der Waals surface area contributed by atoms with Crippen molar-refractivity contribution in [2.75, 3.05) is 13.1 Å². The quantitative estimate of drug-likeness (QED) is 0.750. The van der Waals surface area contributed by atoms with Crippen LogP contribution in [0, 0.1) is 0 Å². The summed E-state index contributed by atoms with van der Waals surface area (Å²) >= 11 is 0. The van der Waals surface area contributed by atoms with Crippen LogP contribution in [0.25, 0.3) is 0 Å². The van der Waals surface area contributed by atoms with E-state index in [0.29, 0.717) is 13.1 Å². The summed E-state index contributed by atoms with van der Waals surface area (Å²) in [5.41, 5.74) is 0.872. The van der Waals surface area contributed by atoms with E-state index in [2.05, 4.69) is 10.3 Å². The summed E-state index contributed by atoms with van der Waals surface area (Å²) in [4.78, 5) is 28.2. The van der Waals surface area contributed by atoms with E-state index in [0.717, 1.165) is 5.69 Å². The number of hydrogen-bond acceptors (Lipinski definition) is 4. The first kappa shape index (κ1) is 15.1. The number of hydrogen-bond donors (Lipinski definition) is 2. The van der Waals surface area contributed by atoms with Gasteiger partial charge in [-0.1, -0.05) is 13.0 Å². The highest BCUT2D eigenvalue weighted by molar-refractivity contribution is 5.82. The van der Waals surface area contributed by atoms with Crippen molar-refractivity contribution in [2.24, 2.45) is 0 Å². The van der Waals surface area contributed by atoms with Gasteiger partial charge in [-0.05, 0) is 18.7 Å². The molecule has 1 aromatic heterocycles. The predicted octanol–water partition coefficient (Wildman–Crippen LogP) is 0.493. The number of nitrogens with zero attached hydrogens (tertiary/aromatic N) is 2. The van der Waals surface area contributed by atoms with E-state index in [-0.39, 0.29) is 12.5 Å². The molecule has 0 aliphatic rings. The smallest absolute Gasteiger partial charge is 0.327 e. The zero-order valence-corrected chi connectivity index (χ0v) is 11.2. The highest BCUT2D eigenvalue weighted by atomic mass is 16.4. The lowest BCUT2D eigenvalue weighted by Crippen LogP contribution is -2.47. The molecule has 0 saturated carbocycles. The SMILES string of the molecule is CCN(Cc1ccccn1)CC(NC(C)=O)C(=O)O. The zero-order chi connectivity index (χ0) is 14.3. The van der Waals surface area contributed by atoms with Gasteiger partial charge in [0.05, 0.1) is 5.69 Å². The topological polar surface area (TPSA) is 82.5 Å². The molecule has 0 fully saturated rings. The summed E-state index contributed by atoms with van der Waals surface area (Å²) < 4.78 is 0. The van der Waals surface area contributed by atoms with E-state index >= 15 is 0 Å². The number of carboxylic acid groups (broad SMARTS) is 1. The third-order valence-corrected chi connectivity index (χ3v) is 2.68. The summed E-state index contributed by atoms with van der Waals surface area (Å²) in [5.74, 6) is -1.38. The molecule has 0 aliphatic heterocycles. The number of aromatic nitrogens is 1. The number of nitrogens with one attached hydrogen (secondary N) is 1. The van der Waals surface area contributed by atoms with Gasteiger partial charge in [0.25, 0.3) is 0 Å². The normalized spacial score (nSPS) is 12.2. The fourth-order valence-corrected chi connectivity index (χ4v) is 1.72. The number of amides is 1. The number of likely N-dealkylation sites (N-methyl/N-ethyl adjacent to an activating group) is 1. The molecule has 6 nitrogen and oxygen atoms in total. The Morgan fingerprint density at radius 2 is 2.21 bits per heavy atom. The van der Waals surface area contributed by atoms with Crippen LogP contribution in [0.2, 0.25) is 0 Å². The molecule has 0 aromatic carbocycles. The Kier molecular flexibility index (Phi) is 5.95. The van der Waals surface area contributed by atoms with Crippen molar-refractivity contribution < 1.29 is 14.7 Å². The van der Waals surface area contributed by atoms with E-state index in [1.54, 1.807) is 6.20 Å². The van der Waals surface area contributed by atoms with E-state index < -0.39 is 12.0 Å². The molecule has 104 valence electrons. The summed E-state index contributed by atoms with van der Waals surface area (Å²) in [5, 5.41) is 11.5. The van der Waals surface area contributed by atoms with Gasteiger partial charge < -0.3 is 10.4 Å². The Morgan fingerprint density at radius 3 is 2.68 bits per heavy atom. The number of carboxylic acids is 1. The van der Waals surface area contributed by atoms with Crippen molar-refractivity contribution in [2.45, 2.75) is 26.4 Å². The van der Waals surface area contributed by atoms with Crippen molar-refractivity contribution in [3.63, 3.8) is 0 Å². The van der Waals surface area contributed by atoms with Gasteiger partial charge >= 0.3 is 5.97 Å². The van der Waals surface area contributed by atoms with Gasteiger partial charge in [0.1, 0.15) is 6.04 Å². The highest BCUT2D eigenvalue weighted by Gasteiger charge is 2.21. The maximum atomic E-state index is 11.1. The van der Waals surface area contributed by atoms with E-state index in [4.69, 9.17) is 5.11 Å². The zero-order valence-electron chi connectivity index (χ0n) is 11.2. The Balaban J connectivity index is 2.63. The summed E-state index contributed by atoms with van der Waals surface area (Å²) in [6.45, 7) is 4.74. The van der Waals surface area contributed by atoms with Gasteiger partial charge in [0, 0.05) is 26.2 Å². The molecule has 0 radical (unpaired) electrons. The van der Waals surface area contributed by atoms with Crippen LogP contribution < -0.4 is 5.32 Å². The molecule has 6 heteroatoms. The van der Waals surface area contributed by atoms with Crippen LogP contribution >= 0.6 is 0 Å². The molecular weight excluding hydrogens is 246 g/mol. The van der Waals surface area contributed by atoms with Crippen LogP contribution in [0.3, 0.4) is 0 Å². The Labute approximate surface area is 112 Å². The first-order valence-electron chi connectivity index (χ1n) is 6.15. The maximum Gasteiger partial charge on any atom is 0.327 e.